The number of rotatable bonds is 0. The van der Waals surface area contributed by atoms with Gasteiger partial charge in [-0.25, -0.2) is 5.56 Å². The van der Waals surface area contributed by atoms with E-state index in [2.05, 4.69) is 127 Å². The molecule has 16 heterocycles. The summed E-state index contributed by atoms with van der Waals surface area (Å²) in [6.45, 7) is 14.7. The number of pyridine rings is 6. The smallest absolute Gasteiger partial charge is 0.287 e. The van der Waals surface area contributed by atoms with Crippen molar-refractivity contribution < 1.29 is 392 Å². The van der Waals surface area contributed by atoms with Crippen molar-refractivity contribution in [2.24, 2.45) is 42.3 Å². The Morgan fingerprint density at radius 3 is 1.40 bits per heavy atom. The second kappa shape index (κ2) is 53.5. The summed E-state index contributed by atoms with van der Waals surface area (Å²) >= 11 is 0. The largest absolute Gasteiger partial charge is 0.454 e. The van der Waals surface area contributed by atoms with Gasteiger partial charge in [-0.1, -0.05) is 127 Å². The molecule has 0 aromatic carbocycles. The van der Waals surface area contributed by atoms with E-state index >= 15 is 0 Å². The first-order valence-corrected chi connectivity index (χ1v) is 28.4. The number of amides is 2. The minimum absolute atomic E-state index is 0. The van der Waals surface area contributed by atoms with Gasteiger partial charge in [0.15, 0.2) is 11.1 Å². The van der Waals surface area contributed by atoms with E-state index in [1.165, 1.54) is 37.6 Å². The third-order valence-electron chi connectivity index (χ3n) is 14.8. The standard InChI is InChI=1S/C9H7N2O2.2C9H8N2O.C9H8N2.C8H6N3O2.C8H7N3O.C8H7N3.C7H7N4.5W.8Y/c1-5-3-4-10-8-6(5)7(12)9(13)11(8)2;1-6-3-4-10-9-8(6)7(12)5-11(9)2;1-6-3-4-10-9-7(6)5-8(12)11(9)2;1-7-3-5-10-9-8(7)4-6-11(9)2;1-4-5-6(12)8(13)11(2)7(5)10-3-9-4;1-5-6-3-7(12)11(2)8(6)10-4-9-5;1-6-3-4-9-8-7(6)5-10-11(8)2;1-5-3-4-8-7-6(5)9-10-11(7)2;;;;;;;;;;;;;/h3H,1-2H3;2*3,5H,1-2H3;3-4H,1-2H3;1-2H3;3H,1-2H3;2*3H,1-2H3;;;;;;;;;;;;;/q-1;3*-2;-1;2*-2;-1;;;;;;;;;;;;;/i;2*5T;4T;;3T;;;;;;;;;;;;;;;. The fourth-order valence-corrected chi connectivity index (χ4v) is 9.33. The second-order valence-corrected chi connectivity index (χ2v) is 21.4. The molecular weight excluding hydrogens is 2840 g/mol. The number of nitrogens with zero attached hydrogens (tertiary/aromatic N) is 21. The van der Waals surface area contributed by atoms with Crippen molar-refractivity contribution in [3.63, 3.8) is 0 Å². The molecule has 0 atom stereocenters. The molecule has 0 aliphatic carbocycles. The van der Waals surface area contributed by atoms with Crippen LogP contribution in [0.2, 0.25) is 0 Å². The molecule has 0 N–H and O–H groups in total. The number of hydrogen-bond donors (Lipinski definition) is 0. The summed E-state index contributed by atoms with van der Waals surface area (Å²) in [6.07, 6.45) is 26.9. The predicted octanol–water partition coefficient (Wildman–Crippen LogP) is 4.57. The Balaban J connectivity index is -0.000000383. The van der Waals surface area contributed by atoms with Crippen molar-refractivity contribution in [2.75, 3.05) is 23.9 Å². The van der Waals surface area contributed by atoms with Crippen molar-refractivity contribution in [3.8, 4) is 0 Å². The normalized spacial score (nSPS) is 11.0. The molecule has 8 radical (unpaired) electrons. The molecule has 0 bridgehead atoms. The van der Waals surface area contributed by atoms with Crippen LogP contribution in [0.3, 0.4) is 0 Å². The van der Waals surface area contributed by atoms with E-state index in [4.69, 9.17) is 5.48 Å². The molecule has 2 amide bonds. The van der Waals surface area contributed by atoms with Gasteiger partial charge in [0, 0.05) is 457 Å². The number of carbonyl (C=O) groups is 4. The topological polar surface area (TPSA) is 323 Å². The molecule has 0 fully saturated rings. The van der Waals surface area contributed by atoms with Crippen molar-refractivity contribution in [1.29, 1.82) is 0 Å². The van der Waals surface area contributed by atoms with Crippen LogP contribution in [0.25, 0.3) is 66.3 Å². The molecule has 0 saturated heterocycles. The van der Waals surface area contributed by atoms with Gasteiger partial charge in [-0.15, -0.1) is 38.9 Å². The van der Waals surface area contributed by atoms with Crippen molar-refractivity contribution in [2.45, 2.75) is 55.4 Å². The Kier molecular flexibility index (Phi) is 53.5. The first kappa shape index (κ1) is 108. The molecular formula is C67H58N21O7W5Y8-13. The Labute approximate surface area is 901 Å². The fraction of sp³-hybridized carbons (Fsp3) is 0.239. The van der Waals surface area contributed by atoms with Crippen LogP contribution in [0, 0.1) is 118 Å². The number of likely N-dealkylation sites (N-methyl/N-ethyl adjacent to an activating group) is 2. The van der Waals surface area contributed by atoms with Gasteiger partial charge >= 0.3 is 0 Å². The van der Waals surface area contributed by atoms with E-state index < -0.39 is 23.4 Å². The predicted molar refractivity (Wildman–Crippen MR) is 349 cm³/mol. The monoisotopic (exact) mass is 2910 g/mol. The minimum atomic E-state index is -0.563. The molecule has 14 aromatic rings. The first-order valence-electron chi connectivity index (χ1n) is 30.4. The van der Waals surface area contributed by atoms with Gasteiger partial charge in [-0.2, -0.15) is 69.6 Å². The van der Waals surface area contributed by atoms with Gasteiger partial charge in [-0.05, 0) is 46.8 Å². The molecule has 0 saturated carbocycles. The fourth-order valence-electron chi connectivity index (χ4n) is 9.33. The van der Waals surface area contributed by atoms with Crippen molar-refractivity contribution in [1.82, 2.24) is 92.9 Å². The zero-order chi connectivity index (χ0) is 72.3. The van der Waals surface area contributed by atoms with Gasteiger partial charge in [0.1, 0.15) is 0 Å². The summed E-state index contributed by atoms with van der Waals surface area (Å²) in [6, 6.07) is 10.8. The Morgan fingerprint density at radius 2 is 0.880 bits per heavy atom. The van der Waals surface area contributed by atoms with E-state index in [1.807, 2.05) is 61.8 Å². The van der Waals surface area contributed by atoms with Crippen LogP contribution in [-0.2, 0) is 419 Å². The number of anilines is 2. The molecule has 14 aromatic heterocycles. The van der Waals surface area contributed by atoms with Gasteiger partial charge in [-0.3, -0.25) is 38.5 Å². The average molecular weight is 2910 g/mol. The number of aromatic nitrogens is 19. The maximum atomic E-state index is 11.5. The van der Waals surface area contributed by atoms with E-state index in [-0.39, 0.29) is 402 Å². The number of Topliss-reactive ketones (excluding diaryl/α,β-unsaturated/α-hetero) is 2. The number of fused-ring (bicyclic) bond motifs is 8. The summed E-state index contributed by atoms with van der Waals surface area (Å²) in [5, 5.41) is 15.3. The molecule has 2 aliphatic rings. The first-order chi connectivity index (χ1) is 46.9. The number of aryl methyl sites for hydroxylation is 14. The van der Waals surface area contributed by atoms with E-state index in [0.717, 1.165) is 66.6 Å². The average Bonchev–Trinajstić information content (AvgIpc) is 1.65. The van der Waals surface area contributed by atoms with Crippen LogP contribution in [0.5, 0.6) is 0 Å². The number of ketones is 2. The summed E-state index contributed by atoms with van der Waals surface area (Å²) in [5.74, 6) is -1.34. The summed E-state index contributed by atoms with van der Waals surface area (Å²) < 4.78 is 39.4. The van der Waals surface area contributed by atoms with Crippen LogP contribution in [0.15, 0.2) is 75.1 Å². The molecule has 28 nitrogen and oxygen atoms in total. The zero-order valence-corrected chi connectivity index (χ0v) is 98.2. The molecule has 108 heavy (non-hydrogen) atoms. The second-order valence-electron chi connectivity index (χ2n) is 21.4. The number of hydrogen-bond acceptors (Lipinski definition) is 20. The van der Waals surface area contributed by atoms with Crippen molar-refractivity contribution >= 4 is 101 Å². The molecule has 2 aliphatic heterocycles. The van der Waals surface area contributed by atoms with Crippen LogP contribution in [-0.4, -0.2) is 130 Å². The molecule has 41 heteroatoms. The maximum Gasteiger partial charge on any atom is 0.287 e. The van der Waals surface area contributed by atoms with Gasteiger partial charge in [0.05, 0.1) is 11.1 Å². The third kappa shape index (κ3) is 27.3. The zero-order valence-electron chi connectivity index (χ0n) is 64.9. The van der Waals surface area contributed by atoms with Crippen LogP contribution >= 0.6 is 0 Å². The Hall–Kier alpha value is 0.0427. The van der Waals surface area contributed by atoms with Gasteiger partial charge in [0.2, 0.25) is 11.6 Å². The van der Waals surface area contributed by atoms with E-state index in [0.29, 0.717) is 73.3 Å². The van der Waals surface area contributed by atoms with Crippen LogP contribution < -0.4 is 26.3 Å². The number of carbonyl (C=O) groups excluding carboxylic acids is 4. The van der Waals surface area contributed by atoms with Crippen LogP contribution in [0.4, 0.5) is 11.6 Å². The van der Waals surface area contributed by atoms with Gasteiger partial charge < -0.3 is 87.4 Å². The quantitative estimate of drug-likeness (QED) is 0.148. The van der Waals surface area contributed by atoms with E-state index in [1.54, 1.807) is 86.2 Å². The summed E-state index contributed by atoms with van der Waals surface area (Å²) in [4.78, 5) is 121. The molecule has 540 valence electrons. The Morgan fingerprint density at radius 1 is 0.435 bits per heavy atom. The van der Waals surface area contributed by atoms with Gasteiger partial charge in [0.25, 0.3) is 11.8 Å². The van der Waals surface area contributed by atoms with Crippen LogP contribution in [0.1, 0.15) is 71.0 Å². The summed E-state index contributed by atoms with van der Waals surface area (Å²) in [5.41, 5.74) is 11.4. The van der Waals surface area contributed by atoms with Crippen molar-refractivity contribution in [3.05, 3.63) is 210 Å². The minimum Gasteiger partial charge on any atom is -0.454 e. The third-order valence-corrected chi connectivity index (χ3v) is 14.8. The maximum absolute atomic E-state index is 11.5. The molecule has 16 rings (SSSR count). The molecule has 0 spiro atoms. The van der Waals surface area contributed by atoms with E-state index in [9.17, 15) is 33.6 Å². The molecule has 0 unspecified atom stereocenters. The SMILES string of the molecule is Cc1c[c-]nc2c1C(=O)C(=O)N2C.Cc1c[c-]nc2c1[c-]nn2C.Cc1c[c-]nc2c1nnn2C.Cc1n[c-]nc2c1C(=O)C(=O)N2C.[3H][c-]1c(=O)c2c(C)c[c-]nc2n1C.[3H][c-]1c(=O)n(C)c2n[c-]cc(C)c21.[3H][c-]1c(=O)n(C)c2n[c-]nc(C)c21.[3H]c1[c-]n(C)c2n[c-]cc(C)c12.[W].[W].[W].[W].[W].[Y].[Y].[Y].[Y].[Y].[Y].[Y].[Y]. The Bertz CT molecular complexity index is 5500. The summed E-state index contributed by atoms with van der Waals surface area (Å²) in [7, 11) is 13.4.